The van der Waals surface area contributed by atoms with Crippen LogP contribution in [0.25, 0.3) is 0 Å². The molecule has 0 radical (unpaired) electrons. The van der Waals surface area contributed by atoms with Crippen molar-refractivity contribution in [2.45, 2.75) is 51.4 Å². The molecule has 3 heterocycles. The third-order valence-corrected chi connectivity index (χ3v) is 5.89. The molecule has 0 aromatic carbocycles. The molecule has 1 amide bonds. The molecule has 34 heavy (non-hydrogen) atoms. The van der Waals surface area contributed by atoms with E-state index in [-0.39, 0.29) is 23.8 Å². The number of nitrogens with zero attached hydrogens (tertiary/aromatic N) is 4. The number of aldehydes is 1. The Balaban J connectivity index is 0.000000945. The van der Waals surface area contributed by atoms with Crippen molar-refractivity contribution in [1.29, 1.82) is 0 Å². The summed E-state index contributed by atoms with van der Waals surface area (Å²) in [6.45, 7) is 4.48. The van der Waals surface area contributed by atoms with Crippen LogP contribution in [-0.2, 0) is 14.3 Å². The molecule has 1 aromatic rings. The number of nitrogens with one attached hydrogen (secondary N) is 1. The molecule has 11 heteroatoms. The van der Waals surface area contributed by atoms with Gasteiger partial charge < -0.3 is 40.9 Å². The van der Waals surface area contributed by atoms with E-state index in [0.29, 0.717) is 49.9 Å². The van der Waals surface area contributed by atoms with E-state index in [2.05, 4.69) is 34.0 Å². The fourth-order valence-corrected chi connectivity index (χ4v) is 3.69. The molecule has 2 fully saturated rings. The Labute approximate surface area is 201 Å². The van der Waals surface area contributed by atoms with Crippen molar-refractivity contribution in [3.8, 4) is 11.8 Å². The van der Waals surface area contributed by atoms with Crippen LogP contribution in [0.3, 0.4) is 0 Å². The van der Waals surface area contributed by atoms with E-state index < -0.39 is 6.10 Å². The molecule has 0 spiro atoms. The summed E-state index contributed by atoms with van der Waals surface area (Å²) in [5.74, 6) is 7.39. The number of carbonyl (C=O) groups excluding carboxylic acids is 2. The highest BCUT2D eigenvalue weighted by Gasteiger charge is 2.30. The van der Waals surface area contributed by atoms with Crippen molar-refractivity contribution < 1.29 is 19.1 Å². The summed E-state index contributed by atoms with van der Waals surface area (Å²) < 4.78 is 10.4. The summed E-state index contributed by atoms with van der Waals surface area (Å²) in [6.07, 6.45) is 3.57. The highest BCUT2D eigenvalue weighted by molar-refractivity contribution is 5.74. The van der Waals surface area contributed by atoms with E-state index in [4.69, 9.17) is 20.9 Å². The Hall–Kier alpha value is -3.10. The second-order valence-electron chi connectivity index (χ2n) is 8.24. The largest absolute Gasteiger partial charge is 0.453 e. The van der Waals surface area contributed by atoms with E-state index in [1.54, 1.807) is 16.8 Å². The summed E-state index contributed by atoms with van der Waals surface area (Å²) in [4.78, 5) is 34.6. The van der Waals surface area contributed by atoms with Gasteiger partial charge in [-0.25, -0.2) is 14.8 Å². The number of nitrogen functional groups attached to an aromatic ring is 2. The van der Waals surface area contributed by atoms with Gasteiger partial charge in [-0.1, -0.05) is 12.8 Å². The van der Waals surface area contributed by atoms with E-state index in [1.165, 1.54) is 7.11 Å². The maximum atomic E-state index is 11.6. The van der Waals surface area contributed by atoms with Crippen LogP contribution >= 0.6 is 0 Å². The SMILES string of the molecule is CCNC.COC(=O)N1CCC(CC#Cc2nc(N)c(N)c(N(C)C3CCC(C=O)O3)n2)CC1. The molecule has 1 aromatic heterocycles. The molecule has 2 aliphatic heterocycles. The van der Waals surface area contributed by atoms with E-state index in [9.17, 15) is 9.59 Å². The van der Waals surface area contributed by atoms with E-state index in [1.807, 2.05) is 7.05 Å². The molecule has 0 saturated carbocycles. The van der Waals surface area contributed by atoms with Crippen molar-refractivity contribution in [2.24, 2.45) is 5.92 Å². The first kappa shape index (κ1) is 27.1. The minimum Gasteiger partial charge on any atom is -0.453 e. The second kappa shape index (κ2) is 13.6. The minimum atomic E-state index is -0.414. The van der Waals surface area contributed by atoms with Crippen LogP contribution in [0.15, 0.2) is 0 Å². The fraction of sp³-hybridized carbons (Fsp3) is 0.652. The number of hydrogen-bond donors (Lipinski definition) is 3. The molecule has 3 rings (SSSR count). The van der Waals surface area contributed by atoms with Crippen LogP contribution in [0, 0.1) is 17.8 Å². The Morgan fingerprint density at radius 2 is 1.97 bits per heavy atom. The van der Waals surface area contributed by atoms with Crippen LogP contribution < -0.4 is 21.7 Å². The number of aromatic nitrogens is 2. The number of methoxy groups -OCH3 is 1. The summed E-state index contributed by atoms with van der Waals surface area (Å²) in [7, 11) is 5.12. The minimum absolute atomic E-state index is 0.160. The van der Waals surface area contributed by atoms with Crippen LogP contribution in [0.2, 0.25) is 0 Å². The van der Waals surface area contributed by atoms with Crippen molar-refractivity contribution >= 4 is 29.7 Å². The Morgan fingerprint density at radius 1 is 1.29 bits per heavy atom. The van der Waals surface area contributed by atoms with Crippen molar-refractivity contribution in [3.63, 3.8) is 0 Å². The number of piperidine rings is 1. The number of anilines is 3. The Bertz CT molecular complexity index is 876. The Morgan fingerprint density at radius 3 is 2.53 bits per heavy atom. The van der Waals surface area contributed by atoms with Gasteiger partial charge in [-0.2, -0.15) is 0 Å². The maximum Gasteiger partial charge on any atom is 0.409 e. The zero-order valence-corrected chi connectivity index (χ0v) is 20.5. The zero-order chi connectivity index (χ0) is 25.1. The first-order chi connectivity index (χ1) is 16.3. The fourth-order valence-electron chi connectivity index (χ4n) is 3.69. The van der Waals surface area contributed by atoms with Gasteiger partial charge in [0, 0.05) is 26.6 Å². The summed E-state index contributed by atoms with van der Waals surface area (Å²) in [5, 5.41) is 2.93. The predicted molar refractivity (Wildman–Crippen MR) is 131 cm³/mol. The van der Waals surface area contributed by atoms with Crippen LogP contribution in [0.4, 0.5) is 22.1 Å². The molecule has 0 bridgehead atoms. The molecule has 2 saturated heterocycles. The lowest BCUT2D eigenvalue weighted by Crippen LogP contribution is -2.38. The highest BCUT2D eigenvalue weighted by atomic mass is 16.5. The third-order valence-electron chi connectivity index (χ3n) is 5.89. The van der Waals surface area contributed by atoms with E-state index >= 15 is 0 Å². The quantitative estimate of drug-likeness (QED) is 0.419. The molecule has 2 aliphatic rings. The van der Waals surface area contributed by atoms with Gasteiger partial charge >= 0.3 is 6.09 Å². The standard InChI is InChI=1S/C20H28N6O4.C3H9N/c1-25(16-7-6-14(12-27)30-16)19-17(21)18(22)23-15(24-19)5-3-4-13-8-10-26(11-9-13)20(28)29-2;1-3-4-2/h12-14,16H,4,6-11,21H2,1-2H3,(H2,22,23,24);4H,3H2,1-2H3. The first-order valence-corrected chi connectivity index (χ1v) is 11.6. The van der Waals surface area contributed by atoms with Gasteiger partial charge in [0.25, 0.3) is 0 Å². The summed E-state index contributed by atoms with van der Waals surface area (Å²) >= 11 is 0. The lowest BCUT2D eigenvalue weighted by atomic mass is 9.94. The average Bonchev–Trinajstić information content (AvgIpc) is 3.35. The van der Waals surface area contributed by atoms with Gasteiger partial charge in [-0.3, -0.25) is 0 Å². The maximum absolute atomic E-state index is 11.6. The van der Waals surface area contributed by atoms with E-state index in [0.717, 1.165) is 25.7 Å². The molecule has 5 N–H and O–H groups in total. The van der Waals surface area contributed by atoms with Gasteiger partial charge in [-0.05, 0) is 51.1 Å². The number of hydrogen-bond acceptors (Lipinski definition) is 10. The second-order valence-corrected chi connectivity index (χ2v) is 8.24. The molecule has 11 nitrogen and oxygen atoms in total. The smallest absolute Gasteiger partial charge is 0.409 e. The number of carbonyl (C=O) groups is 2. The van der Waals surface area contributed by atoms with Crippen LogP contribution in [0.1, 0.15) is 44.9 Å². The van der Waals surface area contributed by atoms with Gasteiger partial charge in [0.15, 0.2) is 11.6 Å². The Kier molecular flexibility index (Phi) is 10.8. The molecule has 2 unspecified atom stereocenters. The number of ether oxygens (including phenoxy) is 2. The van der Waals surface area contributed by atoms with Gasteiger partial charge in [0.05, 0.1) is 7.11 Å². The molecular formula is C23H37N7O4. The lowest BCUT2D eigenvalue weighted by molar-refractivity contribution is -0.117. The molecule has 0 aliphatic carbocycles. The highest BCUT2D eigenvalue weighted by Crippen LogP contribution is 2.30. The molecule has 2 atom stereocenters. The van der Waals surface area contributed by atoms with Crippen molar-refractivity contribution in [1.82, 2.24) is 20.2 Å². The van der Waals surface area contributed by atoms with Gasteiger partial charge in [-0.15, -0.1) is 0 Å². The predicted octanol–water partition coefficient (Wildman–Crippen LogP) is 1.23. The van der Waals surface area contributed by atoms with Crippen molar-refractivity contribution in [3.05, 3.63) is 5.82 Å². The lowest BCUT2D eigenvalue weighted by Gasteiger charge is -2.29. The molecular weight excluding hydrogens is 438 g/mol. The normalized spacial score (nSPS) is 19.9. The number of rotatable bonds is 5. The number of nitrogens with two attached hydrogens (primary N) is 2. The monoisotopic (exact) mass is 475 g/mol. The van der Waals surface area contributed by atoms with Gasteiger partial charge in [0.2, 0.25) is 5.82 Å². The van der Waals surface area contributed by atoms with Gasteiger partial charge in [0.1, 0.15) is 24.3 Å². The van der Waals surface area contributed by atoms with Crippen molar-refractivity contribution in [2.75, 3.05) is 57.2 Å². The first-order valence-electron chi connectivity index (χ1n) is 11.6. The van der Waals surface area contributed by atoms with Crippen LogP contribution in [-0.4, -0.2) is 80.4 Å². The summed E-state index contributed by atoms with van der Waals surface area (Å²) in [6, 6.07) is 0. The number of amides is 1. The topological polar surface area (TPSA) is 149 Å². The zero-order valence-electron chi connectivity index (χ0n) is 20.5. The average molecular weight is 476 g/mol. The number of likely N-dealkylation sites (tertiary alicyclic amines) is 1. The summed E-state index contributed by atoms with van der Waals surface area (Å²) in [5.41, 5.74) is 12.3. The third kappa shape index (κ3) is 7.46. The van der Waals surface area contributed by atoms with Crippen LogP contribution in [0.5, 0.6) is 0 Å². The molecule has 188 valence electrons.